The molecule has 1 aliphatic rings. The zero-order valence-electron chi connectivity index (χ0n) is 16.1. The summed E-state index contributed by atoms with van der Waals surface area (Å²) in [7, 11) is -3.50. The first-order valence-electron chi connectivity index (χ1n) is 9.40. The summed E-state index contributed by atoms with van der Waals surface area (Å²) in [5.74, 6) is -0.182. The van der Waals surface area contributed by atoms with E-state index in [1.807, 2.05) is 38.1 Å². The fourth-order valence-electron chi connectivity index (χ4n) is 3.41. The van der Waals surface area contributed by atoms with Crippen molar-refractivity contribution in [3.05, 3.63) is 64.1 Å². The summed E-state index contributed by atoms with van der Waals surface area (Å²) < 4.78 is 28.0. The van der Waals surface area contributed by atoms with Gasteiger partial charge in [0.25, 0.3) is 0 Å². The number of halogens is 1. The Bertz CT molecular complexity index is 936. The molecule has 1 N–H and O–H groups in total. The second-order valence-electron chi connectivity index (χ2n) is 7.28. The smallest absolute Gasteiger partial charge is 0.243 e. The zero-order chi connectivity index (χ0) is 20.3. The van der Waals surface area contributed by atoms with Crippen LogP contribution in [0.5, 0.6) is 0 Å². The Morgan fingerprint density at radius 1 is 1.14 bits per heavy atom. The second-order valence-corrected chi connectivity index (χ2v) is 10.1. The van der Waals surface area contributed by atoms with Gasteiger partial charge in [-0.05, 0) is 56.5 Å². The molecule has 150 valence electrons. The number of hydrogen-bond acceptors (Lipinski definition) is 3. The Labute approximate surface area is 175 Å². The quantitative estimate of drug-likeness (QED) is 0.725. The maximum atomic E-state index is 12.8. The first-order chi connectivity index (χ1) is 13.3. The number of sulfonamides is 1. The molecular weight excluding hydrogens is 440 g/mol. The van der Waals surface area contributed by atoms with Crippen LogP contribution in [-0.4, -0.2) is 31.7 Å². The van der Waals surface area contributed by atoms with Crippen molar-refractivity contribution in [3.8, 4) is 0 Å². The highest BCUT2D eigenvalue weighted by molar-refractivity contribution is 9.10. The van der Waals surface area contributed by atoms with Gasteiger partial charge in [0.1, 0.15) is 0 Å². The molecule has 1 atom stereocenters. The summed E-state index contributed by atoms with van der Waals surface area (Å²) in [5.41, 5.74) is 2.05. The molecule has 0 spiro atoms. The van der Waals surface area contributed by atoms with Crippen molar-refractivity contribution in [2.45, 2.75) is 37.6 Å². The molecular formula is C21H25BrN2O3S. The lowest BCUT2D eigenvalue weighted by molar-refractivity contribution is -0.126. The van der Waals surface area contributed by atoms with E-state index in [2.05, 4.69) is 21.2 Å². The van der Waals surface area contributed by atoms with Gasteiger partial charge in [0.05, 0.1) is 10.9 Å². The molecule has 3 rings (SSSR count). The predicted molar refractivity (Wildman–Crippen MR) is 113 cm³/mol. The number of amides is 1. The number of carbonyl (C=O) groups is 1. The molecule has 0 bridgehead atoms. The summed E-state index contributed by atoms with van der Waals surface area (Å²) in [4.78, 5) is 12.9. The highest BCUT2D eigenvalue weighted by atomic mass is 79.9. The number of carbonyl (C=O) groups excluding carboxylic acids is 1. The Hall–Kier alpha value is -1.70. The first kappa shape index (κ1) is 21.0. The first-order valence-corrected chi connectivity index (χ1v) is 11.6. The van der Waals surface area contributed by atoms with Crippen LogP contribution >= 0.6 is 15.9 Å². The monoisotopic (exact) mass is 464 g/mol. The van der Waals surface area contributed by atoms with Crippen molar-refractivity contribution in [2.24, 2.45) is 5.92 Å². The van der Waals surface area contributed by atoms with Crippen molar-refractivity contribution >= 4 is 31.9 Å². The molecule has 2 aromatic carbocycles. The van der Waals surface area contributed by atoms with Gasteiger partial charge in [0.2, 0.25) is 15.9 Å². The minimum atomic E-state index is -3.50. The maximum Gasteiger partial charge on any atom is 0.243 e. The largest absolute Gasteiger partial charge is 0.349 e. The average Bonchev–Trinajstić information content (AvgIpc) is 2.68. The van der Waals surface area contributed by atoms with Gasteiger partial charge >= 0.3 is 0 Å². The number of hydrogen-bond donors (Lipinski definition) is 1. The van der Waals surface area contributed by atoms with Crippen LogP contribution in [0.3, 0.4) is 0 Å². The molecule has 1 heterocycles. The zero-order valence-corrected chi connectivity index (χ0v) is 18.5. The van der Waals surface area contributed by atoms with Crippen LogP contribution in [0.1, 0.15) is 36.9 Å². The second kappa shape index (κ2) is 8.76. The van der Waals surface area contributed by atoms with Crippen molar-refractivity contribution < 1.29 is 13.2 Å². The lowest BCUT2D eigenvalue weighted by atomic mass is 9.96. The van der Waals surface area contributed by atoms with Gasteiger partial charge in [0, 0.05) is 23.5 Å². The fraction of sp³-hybridized carbons (Fsp3) is 0.381. The van der Waals surface area contributed by atoms with Gasteiger partial charge in [-0.3, -0.25) is 4.79 Å². The average molecular weight is 465 g/mol. The van der Waals surface area contributed by atoms with Crippen LogP contribution < -0.4 is 5.32 Å². The molecule has 0 unspecified atom stereocenters. The third kappa shape index (κ3) is 4.82. The van der Waals surface area contributed by atoms with Crippen LogP contribution in [-0.2, 0) is 14.8 Å². The van der Waals surface area contributed by atoms with E-state index in [0.717, 1.165) is 15.6 Å². The van der Waals surface area contributed by atoms with Crippen LogP contribution in [0.4, 0.5) is 0 Å². The molecule has 0 radical (unpaired) electrons. The van der Waals surface area contributed by atoms with Crippen LogP contribution in [0.15, 0.2) is 57.9 Å². The van der Waals surface area contributed by atoms with Gasteiger partial charge in [-0.25, -0.2) is 8.42 Å². The van der Waals surface area contributed by atoms with Gasteiger partial charge in [-0.15, -0.1) is 0 Å². The van der Waals surface area contributed by atoms with E-state index >= 15 is 0 Å². The lowest BCUT2D eigenvalue weighted by Crippen LogP contribution is -2.43. The van der Waals surface area contributed by atoms with Crippen molar-refractivity contribution in [2.75, 3.05) is 13.1 Å². The Balaban J connectivity index is 1.58. The van der Waals surface area contributed by atoms with E-state index in [-0.39, 0.29) is 17.9 Å². The van der Waals surface area contributed by atoms with Gasteiger partial charge in [-0.1, -0.05) is 45.8 Å². The summed E-state index contributed by atoms with van der Waals surface area (Å²) in [6.45, 7) is 4.60. The van der Waals surface area contributed by atoms with Crippen molar-refractivity contribution in [3.63, 3.8) is 0 Å². The molecule has 5 nitrogen and oxygen atoms in total. The summed E-state index contributed by atoms with van der Waals surface area (Å²) in [6.07, 6.45) is 1.06. The lowest BCUT2D eigenvalue weighted by Gasteiger charge is -2.31. The number of piperidine rings is 1. The number of aryl methyl sites for hydroxylation is 1. The van der Waals surface area contributed by atoms with Crippen molar-refractivity contribution in [1.29, 1.82) is 0 Å². The van der Waals surface area contributed by atoms with E-state index in [9.17, 15) is 13.2 Å². The molecule has 1 aliphatic heterocycles. The fourth-order valence-corrected chi connectivity index (χ4v) is 5.29. The van der Waals surface area contributed by atoms with Gasteiger partial charge < -0.3 is 5.32 Å². The van der Waals surface area contributed by atoms with E-state index in [1.54, 1.807) is 24.3 Å². The topological polar surface area (TPSA) is 66.5 Å². The highest BCUT2D eigenvalue weighted by Gasteiger charge is 2.32. The van der Waals surface area contributed by atoms with E-state index < -0.39 is 10.0 Å². The standard InChI is InChI=1S/C21H25BrN2O3S/c1-15-6-8-20(9-7-15)28(26,27)24-12-10-17(11-13-24)21(25)23-16(2)18-4-3-5-19(22)14-18/h3-9,14,16-17H,10-13H2,1-2H3,(H,23,25)/t16-/m1/s1. The molecule has 28 heavy (non-hydrogen) atoms. The third-order valence-electron chi connectivity index (χ3n) is 5.19. The Kier molecular flexibility index (Phi) is 6.58. The Morgan fingerprint density at radius 3 is 2.39 bits per heavy atom. The summed E-state index contributed by atoms with van der Waals surface area (Å²) >= 11 is 3.45. The molecule has 1 saturated heterocycles. The van der Waals surface area contributed by atoms with Crippen LogP contribution in [0.2, 0.25) is 0 Å². The van der Waals surface area contributed by atoms with Gasteiger partial charge in [-0.2, -0.15) is 4.31 Å². The maximum absolute atomic E-state index is 12.8. The molecule has 2 aromatic rings. The van der Waals surface area contributed by atoms with Crippen molar-refractivity contribution in [1.82, 2.24) is 9.62 Å². The van der Waals surface area contributed by atoms with E-state index in [0.29, 0.717) is 30.8 Å². The normalized spacial score (nSPS) is 17.2. The molecule has 0 aromatic heterocycles. The Morgan fingerprint density at radius 2 is 1.79 bits per heavy atom. The number of nitrogens with one attached hydrogen (secondary N) is 1. The van der Waals surface area contributed by atoms with Crippen LogP contribution in [0.25, 0.3) is 0 Å². The minimum Gasteiger partial charge on any atom is -0.349 e. The molecule has 7 heteroatoms. The molecule has 0 saturated carbocycles. The molecule has 0 aliphatic carbocycles. The van der Waals surface area contributed by atoms with Gasteiger partial charge in [0.15, 0.2) is 0 Å². The highest BCUT2D eigenvalue weighted by Crippen LogP contribution is 2.25. The number of nitrogens with zero attached hydrogens (tertiary/aromatic N) is 1. The minimum absolute atomic E-state index is 0.0140. The number of benzene rings is 2. The number of rotatable bonds is 5. The SMILES string of the molecule is Cc1ccc(S(=O)(=O)N2CCC(C(=O)N[C@H](C)c3cccc(Br)c3)CC2)cc1. The third-order valence-corrected chi connectivity index (χ3v) is 7.60. The van der Waals surface area contributed by atoms with E-state index in [1.165, 1.54) is 4.31 Å². The predicted octanol–water partition coefficient (Wildman–Crippen LogP) is 4.04. The van der Waals surface area contributed by atoms with Crippen LogP contribution in [0, 0.1) is 12.8 Å². The summed E-state index contributed by atoms with van der Waals surface area (Å²) in [6, 6.07) is 14.6. The van der Waals surface area contributed by atoms with E-state index in [4.69, 9.17) is 0 Å². The summed E-state index contributed by atoms with van der Waals surface area (Å²) in [5, 5.41) is 3.06. The molecule has 1 amide bonds. The molecule has 1 fully saturated rings.